The van der Waals surface area contributed by atoms with E-state index in [1.165, 1.54) is 0 Å². The quantitative estimate of drug-likeness (QED) is 0.569. The molecule has 0 spiro atoms. The van der Waals surface area contributed by atoms with Crippen LogP contribution in [0.15, 0.2) is 70.7 Å². The number of hydrogen-bond donors (Lipinski definition) is 0. The zero-order valence-corrected chi connectivity index (χ0v) is 11.8. The highest BCUT2D eigenvalue weighted by Gasteiger charge is 2.06. The third-order valence-electron chi connectivity index (χ3n) is 3.41. The van der Waals surface area contributed by atoms with Crippen LogP contribution in [0.1, 0.15) is 0 Å². The minimum atomic E-state index is 0.00839. The maximum absolute atomic E-state index is 11.2. The second kappa shape index (κ2) is 4.71. The molecule has 0 fully saturated rings. The summed E-state index contributed by atoms with van der Waals surface area (Å²) in [6, 6.07) is 11.3. The van der Waals surface area contributed by atoms with Crippen LogP contribution >= 0.6 is 11.3 Å². The molecule has 0 N–H and O–H groups in total. The molecule has 0 saturated heterocycles. The lowest BCUT2D eigenvalue weighted by Crippen LogP contribution is -2.01. The highest BCUT2D eigenvalue weighted by atomic mass is 32.1. The monoisotopic (exact) mass is 293 g/mol. The molecule has 0 amide bonds. The highest BCUT2D eigenvalue weighted by Crippen LogP contribution is 2.22. The Morgan fingerprint density at radius 1 is 1.00 bits per heavy atom. The first-order valence-corrected chi connectivity index (χ1v) is 7.44. The number of aromatic nitrogens is 3. The van der Waals surface area contributed by atoms with Crippen molar-refractivity contribution in [1.82, 2.24) is 14.1 Å². The van der Waals surface area contributed by atoms with Crippen LogP contribution in [0.2, 0.25) is 0 Å². The van der Waals surface area contributed by atoms with Gasteiger partial charge in [-0.15, -0.1) is 0 Å². The van der Waals surface area contributed by atoms with Gasteiger partial charge in [-0.1, -0.05) is 0 Å². The summed E-state index contributed by atoms with van der Waals surface area (Å²) in [6.07, 6.45) is 5.36. The maximum atomic E-state index is 11.2. The summed E-state index contributed by atoms with van der Waals surface area (Å²) in [7, 11) is 0. The average Bonchev–Trinajstić information content (AvgIpc) is 3.16. The van der Waals surface area contributed by atoms with Crippen molar-refractivity contribution < 1.29 is 0 Å². The largest absolute Gasteiger partial charge is 0.324 e. The second-order valence-corrected chi connectivity index (χ2v) is 5.49. The Labute approximate surface area is 124 Å². The molecule has 5 heteroatoms. The second-order valence-electron chi connectivity index (χ2n) is 4.71. The number of nitrogens with zero attached hydrogens (tertiary/aromatic N) is 3. The first-order chi connectivity index (χ1) is 10.3. The normalized spacial score (nSPS) is 11.0. The van der Waals surface area contributed by atoms with E-state index in [1.54, 1.807) is 35.9 Å². The molecular weight excluding hydrogens is 282 g/mol. The first kappa shape index (κ1) is 12.1. The Bertz CT molecular complexity index is 946. The van der Waals surface area contributed by atoms with Crippen LogP contribution in [0.3, 0.4) is 0 Å². The smallest absolute Gasteiger partial charge is 0.181 e. The molecule has 3 aromatic heterocycles. The molecule has 102 valence electrons. The summed E-state index contributed by atoms with van der Waals surface area (Å²) in [4.78, 5) is 15.6. The molecule has 0 aliphatic heterocycles. The summed E-state index contributed by atoms with van der Waals surface area (Å²) in [5.41, 5.74) is 4.11. The van der Waals surface area contributed by atoms with Gasteiger partial charge in [0, 0.05) is 35.6 Å². The maximum Gasteiger partial charge on any atom is 0.181 e. The molecule has 4 rings (SSSR count). The number of hydrogen-bond acceptors (Lipinski definition) is 3. The molecular formula is C16H11N3OS. The number of imidazole rings is 1. The first-order valence-electron chi connectivity index (χ1n) is 6.50. The van der Waals surface area contributed by atoms with E-state index in [2.05, 4.69) is 26.4 Å². The van der Waals surface area contributed by atoms with E-state index in [0.29, 0.717) is 0 Å². The van der Waals surface area contributed by atoms with E-state index in [0.717, 1.165) is 22.4 Å². The van der Waals surface area contributed by atoms with Gasteiger partial charge in [0.1, 0.15) is 6.33 Å². The molecule has 4 aromatic rings. The highest BCUT2D eigenvalue weighted by molar-refractivity contribution is 7.08. The Hall–Kier alpha value is -2.66. The molecule has 0 saturated carbocycles. The van der Waals surface area contributed by atoms with Crippen molar-refractivity contribution in [3.63, 3.8) is 0 Å². The van der Waals surface area contributed by atoms with Gasteiger partial charge >= 0.3 is 0 Å². The number of rotatable bonds is 2. The van der Waals surface area contributed by atoms with Crippen molar-refractivity contribution in [3.05, 3.63) is 76.1 Å². The van der Waals surface area contributed by atoms with Gasteiger partial charge in [-0.25, -0.2) is 4.98 Å². The summed E-state index contributed by atoms with van der Waals surface area (Å²) >= 11 is 1.67. The van der Waals surface area contributed by atoms with Gasteiger partial charge in [0.15, 0.2) is 5.43 Å². The van der Waals surface area contributed by atoms with Crippen LogP contribution in [-0.2, 0) is 0 Å². The predicted molar refractivity (Wildman–Crippen MR) is 84.5 cm³/mol. The van der Waals surface area contributed by atoms with E-state index in [1.807, 2.05) is 29.1 Å². The summed E-state index contributed by atoms with van der Waals surface area (Å²) in [6.45, 7) is 0. The van der Waals surface area contributed by atoms with Crippen LogP contribution in [0, 0.1) is 0 Å². The van der Waals surface area contributed by atoms with Gasteiger partial charge in [-0.05, 0) is 29.6 Å². The van der Waals surface area contributed by atoms with Crippen molar-refractivity contribution in [2.75, 3.05) is 0 Å². The molecule has 0 aliphatic carbocycles. The van der Waals surface area contributed by atoms with Gasteiger partial charge < -0.3 is 4.57 Å². The van der Waals surface area contributed by atoms with E-state index < -0.39 is 0 Å². The van der Waals surface area contributed by atoms with Crippen LogP contribution < -0.4 is 5.43 Å². The van der Waals surface area contributed by atoms with Gasteiger partial charge in [-0.2, -0.15) is 11.3 Å². The molecule has 21 heavy (non-hydrogen) atoms. The lowest BCUT2D eigenvalue weighted by Gasteiger charge is -2.06. The number of thiophene rings is 1. The molecule has 0 aliphatic rings. The minimum absolute atomic E-state index is 0.00839. The van der Waals surface area contributed by atoms with Gasteiger partial charge in [0.25, 0.3) is 0 Å². The van der Waals surface area contributed by atoms with E-state index >= 15 is 0 Å². The SMILES string of the molecule is O=c1ccn(-c2ccc3c(c2)ncn3-c2ccsc2)cc1. The average molecular weight is 293 g/mol. The van der Waals surface area contributed by atoms with E-state index in [-0.39, 0.29) is 5.43 Å². The summed E-state index contributed by atoms with van der Waals surface area (Å²) < 4.78 is 3.98. The molecule has 0 radical (unpaired) electrons. The van der Waals surface area contributed by atoms with E-state index in [9.17, 15) is 4.79 Å². The summed E-state index contributed by atoms with van der Waals surface area (Å²) in [5, 5.41) is 4.15. The lowest BCUT2D eigenvalue weighted by molar-refractivity contribution is 1.04. The predicted octanol–water partition coefficient (Wildman–Crippen LogP) is 3.24. The number of pyridine rings is 1. The molecule has 4 nitrogen and oxygen atoms in total. The van der Waals surface area contributed by atoms with Crippen LogP contribution in [0.5, 0.6) is 0 Å². The molecule has 3 heterocycles. The molecule has 0 atom stereocenters. The number of fused-ring (bicyclic) bond motifs is 1. The zero-order chi connectivity index (χ0) is 14.2. The fourth-order valence-corrected chi connectivity index (χ4v) is 2.97. The van der Waals surface area contributed by atoms with Crippen molar-refractivity contribution in [2.24, 2.45) is 0 Å². The standard InChI is InChI=1S/C16H11N3OS/c20-14-3-6-18(7-4-14)12-1-2-16-15(9-12)17-11-19(16)13-5-8-21-10-13/h1-11H. The minimum Gasteiger partial charge on any atom is -0.324 e. The van der Waals surface area contributed by atoms with Crippen LogP contribution in [0.25, 0.3) is 22.4 Å². The number of benzene rings is 1. The zero-order valence-electron chi connectivity index (χ0n) is 11.0. The molecule has 1 aromatic carbocycles. The Morgan fingerprint density at radius 2 is 1.86 bits per heavy atom. The lowest BCUT2D eigenvalue weighted by atomic mass is 10.2. The Morgan fingerprint density at radius 3 is 2.62 bits per heavy atom. The summed E-state index contributed by atoms with van der Waals surface area (Å²) in [5.74, 6) is 0. The Kier molecular flexibility index (Phi) is 2.72. The Balaban J connectivity index is 1.85. The van der Waals surface area contributed by atoms with Crippen molar-refractivity contribution in [1.29, 1.82) is 0 Å². The fourth-order valence-electron chi connectivity index (χ4n) is 2.35. The third kappa shape index (κ3) is 2.08. The van der Waals surface area contributed by atoms with Crippen molar-refractivity contribution in [2.45, 2.75) is 0 Å². The van der Waals surface area contributed by atoms with E-state index in [4.69, 9.17) is 0 Å². The van der Waals surface area contributed by atoms with Gasteiger partial charge in [0.05, 0.1) is 16.7 Å². The van der Waals surface area contributed by atoms with Gasteiger partial charge in [-0.3, -0.25) is 9.36 Å². The fraction of sp³-hybridized carbons (Fsp3) is 0. The molecule has 0 bridgehead atoms. The van der Waals surface area contributed by atoms with Crippen molar-refractivity contribution >= 4 is 22.4 Å². The van der Waals surface area contributed by atoms with Crippen LogP contribution in [0.4, 0.5) is 0 Å². The molecule has 0 unspecified atom stereocenters. The topological polar surface area (TPSA) is 39.8 Å². The third-order valence-corrected chi connectivity index (χ3v) is 4.08. The van der Waals surface area contributed by atoms with Crippen LogP contribution in [-0.4, -0.2) is 14.1 Å². The van der Waals surface area contributed by atoms with Crippen molar-refractivity contribution in [3.8, 4) is 11.4 Å². The van der Waals surface area contributed by atoms with Gasteiger partial charge in [0.2, 0.25) is 0 Å².